The second kappa shape index (κ2) is 8.70. The number of Topliss-reactive ketones (excluding diaryl/α,β-unsaturated/α-hetero) is 1. The van der Waals surface area contributed by atoms with Crippen molar-refractivity contribution in [1.29, 1.82) is 0 Å². The highest BCUT2D eigenvalue weighted by molar-refractivity contribution is 6.30. The van der Waals surface area contributed by atoms with E-state index in [-0.39, 0.29) is 29.9 Å². The van der Waals surface area contributed by atoms with Crippen LogP contribution in [0.1, 0.15) is 48.0 Å². The van der Waals surface area contributed by atoms with Crippen LogP contribution in [-0.4, -0.2) is 53.1 Å². The Labute approximate surface area is 193 Å². The molecule has 2 fully saturated rings. The van der Waals surface area contributed by atoms with Crippen LogP contribution in [0, 0.1) is 5.92 Å². The van der Waals surface area contributed by atoms with Gasteiger partial charge in [0.1, 0.15) is 6.04 Å². The predicted octanol–water partition coefficient (Wildman–Crippen LogP) is 4.37. The summed E-state index contributed by atoms with van der Waals surface area (Å²) in [6.45, 7) is 1.22. The molecule has 2 aromatic carbocycles. The van der Waals surface area contributed by atoms with Crippen LogP contribution in [0.4, 0.5) is 0 Å². The number of amides is 2. The molecule has 0 radical (unpaired) electrons. The lowest BCUT2D eigenvalue weighted by atomic mass is 9.88. The molecule has 2 aliphatic heterocycles. The second-order valence-electron chi connectivity index (χ2n) is 9.16. The zero-order valence-electron chi connectivity index (χ0n) is 18.1. The molecular weight excluding hydrogens is 424 g/mol. The van der Waals surface area contributed by atoms with E-state index in [0.717, 1.165) is 42.4 Å². The van der Waals surface area contributed by atoms with Gasteiger partial charge in [-0.1, -0.05) is 55.1 Å². The number of halogens is 1. The van der Waals surface area contributed by atoms with Crippen LogP contribution in [0.15, 0.2) is 42.5 Å². The Kier molecular flexibility index (Phi) is 5.76. The van der Waals surface area contributed by atoms with E-state index in [1.54, 1.807) is 4.90 Å². The molecule has 5 rings (SSSR count). The first-order chi connectivity index (χ1) is 15.5. The largest absolute Gasteiger partial charge is 0.338 e. The highest BCUT2D eigenvalue weighted by Crippen LogP contribution is 2.31. The fourth-order valence-corrected chi connectivity index (χ4v) is 5.45. The average molecular weight is 451 g/mol. The van der Waals surface area contributed by atoms with E-state index in [1.165, 1.54) is 6.42 Å². The zero-order chi connectivity index (χ0) is 22.2. The molecule has 0 aromatic heterocycles. The van der Waals surface area contributed by atoms with Gasteiger partial charge in [-0.3, -0.25) is 14.4 Å². The number of hydrogen-bond acceptors (Lipinski definition) is 3. The summed E-state index contributed by atoms with van der Waals surface area (Å²) in [5.74, 6) is 0.135. The summed E-state index contributed by atoms with van der Waals surface area (Å²) in [5.41, 5.74) is 3.24. The number of rotatable bonds is 2. The van der Waals surface area contributed by atoms with Crippen molar-refractivity contribution in [3.05, 3.63) is 58.6 Å². The molecule has 166 valence electrons. The normalized spacial score (nSPS) is 21.7. The number of fused-ring (bicyclic) bond motifs is 2. The molecule has 0 spiro atoms. The van der Waals surface area contributed by atoms with Crippen LogP contribution in [0.2, 0.25) is 5.02 Å². The molecule has 32 heavy (non-hydrogen) atoms. The lowest BCUT2D eigenvalue weighted by Gasteiger charge is -2.41. The van der Waals surface area contributed by atoms with E-state index < -0.39 is 6.04 Å². The number of benzene rings is 2. The standard InChI is InChI=1S/C26H27ClN2O3/c27-21-10-8-17(9-11-21)19-6-7-20-15-24(30)23-16-28(25(31)18-4-2-1-3-5-18)12-13-29(23)26(32)22(20)14-19/h6-11,14,18,23H,1-5,12-13,15-16H2/t23-/m1/s1. The summed E-state index contributed by atoms with van der Waals surface area (Å²) in [5, 5.41) is 0.661. The Bertz CT molecular complexity index is 1060. The lowest BCUT2D eigenvalue weighted by molar-refractivity contribution is -0.140. The van der Waals surface area contributed by atoms with Crippen LogP contribution in [0.3, 0.4) is 0 Å². The maximum atomic E-state index is 13.5. The van der Waals surface area contributed by atoms with E-state index in [0.29, 0.717) is 30.2 Å². The highest BCUT2D eigenvalue weighted by Gasteiger charge is 2.41. The molecule has 2 amide bonds. The monoisotopic (exact) mass is 450 g/mol. The van der Waals surface area contributed by atoms with Gasteiger partial charge in [-0.25, -0.2) is 0 Å². The van der Waals surface area contributed by atoms with Crippen LogP contribution in [-0.2, 0) is 16.0 Å². The van der Waals surface area contributed by atoms with Crippen molar-refractivity contribution in [2.45, 2.75) is 44.6 Å². The van der Waals surface area contributed by atoms with Gasteiger partial charge in [0.15, 0.2) is 5.78 Å². The first-order valence-corrected chi connectivity index (χ1v) is 11.9. The lowest BCUT2D eigenvalue weighted by Crippen LogP contribution is -2.59. The molecule has 1 atom stereocenters. The second-order valence-corrected chi connectivity index (χ2v) is 9.59. The van der Waals surface area contributed by atoms with Crippen LogP contribution < -0.4 is 0 Å². The van der Waals surface area contributed by atoms with Crippen molar-refractivity contribution in [2.24, 2.45) is 5.92 Å². The van der Waals surface area contributed by atoms with Crippen molar-refractivity contribution in [3.8, 4) is 11.1 Å². The first-order valence-electron chi connectivity index (χ1n) is 11.5. The van der Waals surface area contributed by atoms with E-state index in [4.69, 9.17) is 11.6 Å². The van der Waals surface area contributed by atoms with E-state index in [9.17, 15) is 14.4 Å². The van der Waals surface area contributed by atoms with Gasteiger partial charge in [0.2, 0.25) is 5.91 Å². The van der Waals surface area contributed by atoms with Gasteiger partial charge in [0.25, 0.3) is 5.91 Å². The van der Waals surface area contributed by atoms with Crippen molar-refractivity contribution in [1.82, 2.24) is 9.80 Å². The van der Waals surface area contributed by atoms with Gasteiger partial charge in [-0.15, -0.1) is 0 Å². The quantitative estimate of drug-likeness (QED) is 0.682. The number of hydrogen-bond donors (Lipinski definition) is 0. The molecule has 1 saturated carbocycles. The molecule has 2 heterocycles. The minimum Gasteiger partial charge on any atom is -0.338 e. The van der Waals surface area contributed by atoms with Gasteiger partial charge in [-0.05, 0) is 47.7 Å². The molecule has 3 aliphatic rings. The Balaban J connectivity index is 1.39. The Morgan fingerprint density at radius 1 is 0.906 bits per heavy atom. The molecule has 6 heteroatoms. The summed E-state index contributed by atoms with van der Waals surface area (Å²) in [4.78, 5) is 43.2. The number of carbonyl (C=O) groups is 3. The Morgan fingerprint density at radius 2 is 1.62 bits per heavy atom. The number of ketones is 1. The van der Waals surface area contributed by atoms with Crippen molar-refractivity contribution in [3.63, 3.8) is 0 Å². The van der Waals surface area contributed by atoms with Crippen molar-refractivity contribution in [2.75, 3.05) is 19.6 Å². The predicted molar refractivity (Wildman–Crippen MR) is 124 cm³/mol. The summed E-state index contributed by atoms with van der Waals surface area (Å²) >= 11 is 6.01. The third-order valence-electron chi connectivity index (χ3n) is 7.16. The minimum atomic E-state index is -0.560. The molecule has 0 N–H and O–H groups in total. The van der Waals surface area contributed by atoms with Crippen LogP contribution in [0.5, 0.6) is 0 Å². The molecule has 1 aliphatic carbocycles. The summed E-state index contributed by atoms with van der Waals surface area (Å²) in [7, 11) is 0. The third kappa shape index (κ3) is 3.95. The van der Waals surface area contributed by atoms with Gasteiger partial charge in [0.05, 0.1) is 0 Å². The van der Waals surface area contributed by atoms with Crippen LogP contribution >= 0.6 is 11.6 Å². The highest BCUT2D eigenvalue weighted by atomic mass is 35.5. The number of piperazine rings is 1. The fourth-order valence-electron chi connectivity index (χ4n) is 5.32. The van der Waals surface area contributed by atoms with E-state index >= 15 is 0 Å². The topological polar surface area (TPSA) is 57.7 Å². The summed E-state index contributed by atoms with van der Waals surface area (Å²) in [6.07, 6.45) is 5.49. The SMILES string of the molecule is O=C1Cc2ccc(-c3ccc(Cl)cc3)cc2C(=O)N2CCN(C(=O)C3CCCCC3)C[C@H]12. The van der Waals surface area contributed by atoms with E-state index in [1.807, 2.05) is 47.4 Å². The molecule has 0 bridgehead atoms. The summed E-state index contributed by atoms with van der Waals surface area (Å²) in [6, 6.07) is 12.7. The smallest absolute Gasteiger partial charge is 0.254 e. The van der Waals surface area contributed by atoms with Crippen molar-refractivity contribution >= 4 is 29.2 Å². The van der Waals surface area contributed by atoms with Gasteiger partial charge >= 0.3 is 0 Å². The molecule has 2 aromatic rings. The Morgan fingerprint density at radius 3 is 2.38 bits per heavy atom. The minimum absolute atomic E-state index is 0.0116. The van der Waals surface area contributed by atoms with Crippen molar-refractivity contribution < 1.29 is 14.4 Å². The van der Waals surface area contributed by atoms with Gasteiger partial charge in [-0.2, -0.15) is 0 Å². The van der Waals surface area contributed by atoms with Gasteiger partial charge < -0.3 is 9.80 Å². The Hall–Kier alpha value is -2.66. The number of carbonyl (C=O) groups excluding carboxylic acids is 3. The van der Waals surface area contributed by atoms with Gasteiger partial charge in [0, 0.05) is 42.6 Å². The maximum Gasteiger partial charge on any atom is 0.254 e. The molecule has 0 unspecified atom stereocenters. The zero-order valence-corrected chi connectivity index (χ0v) is 18.8. The maximum absolute atomic E-state index is 13.5. The first kappa shape index (κ1) is 21.2. The summed E-state index contributed by atoms with van der Waals surface area (Å²) < 4.78 is 0. The van der Waals surface area contributed by atoms with Crippen LogP contribution in [0.25, 0.3) is 11.1 Å². The number of nitrogens with zero attached hydrogens (tertiary/aromatic N) is 2. The average Bonchev–Trinajstić information content (AvgIpc) is 2.93. The molecule has 5 nitrogen and oxygen atoms in total. The van der Waals surface area contributed by atoms with E-state index in [2.05, 4.69) is 0 Å². The molecule has 1 saturated heterocycles. The fraction of sp³-hybridized carbons (Fsp3) is 0.423. The third-order valence-corrected chi connectivity index (χ3v) is 7.41. The molecular formula is C26H27ClN2O3.